The zero-order valence-corrected chi connectivity index (χ0v) is 10.7. The Balaban J connectivity index is 2.07. The van der Waals surface area contributed by atoms with Gasteiger partial charge in [-0.2, -0.15) is 0 Å². The fraction of sp³-hybridized carbons (Fsp3) is 0.375. The van der Waals surface area contributed by atoms with Gasteiger partial charge in [0, 0.05) is 0 Å². The molecule has 0 unspecified atom stereocenters. The molecule has 2 heterocycles. The maximum Gasteiger partial charge on any atom is -0.00442 e. The highest BCUT2D eigenvalue weighted by Gasteiger charge is 2.41. The number of nitrogens with zero attached hydrogens (tertiary/aromatic N) is 2. The van der Waals surface area contributed by atoms with E-state index in [1.54, 1.807) is 5.56 Å². The Labute approximate surface area is 108 Å². The Morgan fingerprint density at radius 3 is 2.61 bits per heavy atom. The zero-order valence-electron chi connectivity index (χ0n) is 10.7. The van der Waals surface area contributed by atoms with Crippen molar-refractivity contribution in [3.8, 4) is 0 Å². The molecule has 0 saturated heterocycles. The van der Waals surface area contributed by atoms with E-state index in [0.29, 0.717) is 5.41 Å². The fourth-order valence-corrected chi connectivity index (χ4v) is 3.90. The van der Waals surface area contributed by atoms with Crippen LogP contribution in [0.2, 0.25) is 0 Å². The van der Waals surface area contributed by atoms with E-state index in [-0.39, 0.29) is 0 Å². The first kappa shape index (κ1) is 10.5. The van der Waals surface area contributed by atoms with Crippen molar-refractivity contribution in [3.05, 3.63) is 49.6 Å². The Kier molecular flexibility index (Phi) is 1.94. The molecule has 2 heteroatoms. The molecule has 2 aliphatic rings. The summed E-state index contributed by atoms with van der Waals surface area (Å²) in [5, 5.41) is 1.41. The van der Waals surface area contributed by atoms with E-state index in [9.17, 15) is 0 Å². The monoisotopic (exact) mass is 238 g/mol. The number of para-hydroxylation sites is 1. The molecule has 1 aliphatic heterocycles. The van der Waals surface area contributed by atoms with Crippen LogP contribution in [0.15, 0.2) is 24.3 Å². The molecule has 0 atom stereocenters. The average Bonchev–Trinajstić information content (AvgIpc) is 2.61. The smallest absolute Gasteiger partial charge is 0.00442 e. The molecule has 1 aromatic heterocycles. The van der Waals surface area contributed by atoms with E-state index < -0.39 is 0 Å². The topological polar surface area (TPSA) is 8.17 Å². The largest absolute Gasteiger partial charge is 0.483 e. The Morgan fingerprint density at radius 1 is 1.11 bits per heavy atom. The predicted octanol–water partition coefficient (Wildman–Crippen LogP) is 3.31. The first-order chi connectivity index (χ1) is 8.71. The van der Waals surface area contributed by atoms with E-state index in [1.807, 2.05) is 0 Å². The van der Waals surface area contributed by atoms with Crippen LogP contribution in [0.4, 0.5) is 0 Å². The SMILES string of the molecule is [CH2-]N1Cc2c(c3ccccc3n2[CH2-])C2(CCC2)C1. The van der Waals surface area contributed by atoms with Crippen molar-refractivity contribution in [2.24, 2.45) is 0 Å². The maximum atomic E-state index is 4.24. The van der Waals surface area contributed by atoms with Crippen molar-refractivity contribution in [2.45, 2.75) is 31.2 Å². The van der Waals surface area contributed by atoms with Crippen LogP contribution in [0.3, 0.4) is 0 Å². The molecule has 1 spiro atoms. The van der Waals surface area contributed by atoms with Crippen LogP contribution < -0.4 is 0 Å². The van der Waals surface area contributed by atoms with Gasteiger partial charge in [-0.3, -0.25) is 7.05 Å². The lowest BCUT2D eigenvalue weighted by atomic mass is 9.62. The normalized spacial score (nSPS) is 22.1. The van der Waals surface area contributed by atoms with Gasteiger partial charge in [-0.15, -0.1) is 7.05 Å². The van der Waals surface area contributed by atoms with Crippen molar-refractivity contribution in [3.63, 3.8) is 0 Å². The van der Waals surface area contributed by atoms with Crippen molar-refractivity contribution in [2.75, 3.05) is 6.54 Å². The molecule has 2 nitrogen and oxygen atoms in total. The average molecular weight is 238 g/mol. The van der Waals surface area contributed by atoms with Gasteiger partial charge in [0.1, 0.15) is 0 Å². The first-order valence-corrected chi connectivity index (χ1v) is 6.70. The second-order valence-electron chi connectivity index (χ2n) is 5.89. The molecular weight excluding hydrogens is 220 g/mol. The zero-order chi connectivity index (χ0) is 12.3. The van der Waals surface area contributed by atoms with Crippen molar-refractivity contribution in [1.82, 2.24) is 9.47 Å². The Morgan fingerprint density at radius 2 is 1.89 bits per heavy atom. The first-order valence-electron chi connectivity index (χ1n) is 6.70. The second-order valence-corrected chi connectivity index (χ2v) is 5.89. The van der Waals surface area contributed by atoms with Crippen molar-refractivity contribution >= 4 is 10.9 Å². The van der Waals surface area contributed by atoms with Crippen LogP contribution in [0.1, 0.15) is 30.5 Å². The summed E-state index contributed by atoms with van der Waals surface area (Å²) in [5.74, 6) is 0. The molecular formula is C16H18N2-2. The highest BCUT2D eigenvalue weighted by molar-refractivity contribution is 5.87. The highest BCUT2D eigenvalue weighted by atomic mass is 15.1. The summed E-state index contributed by atoms with van der Waals surface area (Å²) < 4.78 is 2.13. The van der Waals surface area contributed by atoms with E-state index in [4.69, 9.17) is 0 Å². The fourth-order valence-electron chi connectivity index (χ4n) is 3.90. The molecule has 94 valence electrons. The Hall–Kier alpha value is -1.41. The summed E-state index contributed by atoms with van der Waals surface area (Å²) in [4.78, 5) is 2.21. The van der Waals surface area contributed by atoms with Crippen molar-refractivity contribution < 1.29 is 0 Å². The molecule has 0 N–H and O–H groups in total. The van der Waals surface area contributed by atoms with E-state index in [1.165, 1.54) is 35.9 Å². The molecule has 4 rings (SSSR count). The molecule has 0 bridgehead atoms. The van der Waals surface area contributed by atoms with E-state index >= 15 is 0 Å². The van der Waals surface area contributed by atoms with Crippen molar-refractivity contribution in [1.29, 1.82) is 0 Å². The lowest BCUT2D eigenvalue weighted by Crippen LogP contribution is -2.47. The standard InChI is InChI=1S/C16H18N2/c1-17-10-14-15(16(11-17)8-5-9-16)12-6-3-4-7-13(12)18(14)2/h3-4,6-7H,1-2,5,8-11H2/q-2. The lowest BCUT2D eigenvalue weighted by molar-refractivity contribution is 0.146. The third kappa shape index (κ3) is 1.14. The van der Waals surface area contributed by atoms with E-state index in [2.05, 4.69) is 47.8 Å². The van der Waals surface area contributed by atoms with Gasteiger partial charge in [0.2, 0.25) is 0 Å². The number of benzene rings is 1. The molecule has 1 aromatic carbocycles. The molecule has 1 saturated carbocycles. The number of hydrogen-bond donors (Lipinski definition) is 0. The third-order valence-electron chi connectivity index (χ3n) is 4.82. The van der Waals surface area contributed by atoms with Gasteiger partial charge < -0.3 is 9.47 Å². The van der Waals surface area contributed by atoms with Crippen LogP contribution >= 0.6 is 0 Å². The summed E-state index contributed by atoms with van der Waals surface area (Å²) >= 11 is 0. The van der Waals surface area contributed by atoms with Gasteiger partial charge in [-0.05, 0) is 31.3 Å². The van der Waals surface area contributed by atoms with Crippen LogP contribution in [0.25, 0.3) is 10.9 Å². The van der Waals surface area contributed by atoms with Crippen LogP contribution in [0.5, 0.6) is 0 Å². The molecule has 1 aliphatic carbocycles. The summed E-state index contributed by atoms with van der Waals surface area (Å²) in [6, 6.07) is 8.69. The van der Waals surface area contributed by atoms with Gasteiger partial charge >= 0.3 is 0 Å². The predicted molar refractivity (Wildman–Crippen MR) is 74.0 cm³/mol. The van der Waals surface area contributed by atoms with Crippen LogP contribution in [-0.4, -0.2) is 16.0 Å². The van der Waals surface area contributed by atoms with Gasteiger partial charge in [-0.25, -0.2) is 0 Å². The van der Waals surface area contributed by atoms with Gasteiger partial charge in [0.25, 0.3) is 0 Å². The highest BCUT2D eigenvalue weighted by Crippen LogP contribution is 2.51. The summed E-state index contributed by atoms with van der Waals surface area (Å²) in [5.41, 5.74) is 4.57. The molecule has 2 aromatic rings. The van der Waals surface area contributed by atoms with Crippen LogP contribution in [-0.2, 0) is 12.0 Å². The van der Waals surface area contributed by atoms with Gasteiger partial charge in [0.15, 0.2) is 0 Å². The number of fused-ring (bicyclic) bond motifs is 4. The van der Waals surface area contributed by atoms with Crippen LogP contribution in [0, 0.1) is 14.1 Å². The summed E-state index contributed by atoms with van der Waals surface area (Å²) in [7, 11) is 8.42. The third-order valence-corrected chi connectivity index (χ3v) is 4.82. The maximum absolute atomic E-state index is 4.24. The molecule has 0 radical (unpaired) electrons. The minimum atomic E-state index is 0.359. The minimum absolute atomic E-state index is 0.359. The molecule has 1 fully saturated rings. The quantitative estimate of drug-likeness (QED) is 0.639. The minimum Gasteiger partial charge on any atom is -0.483 e. The van der Waals surface area contributed by atoms with Gasteiger partial charge in [-0.1, -0.05) is 52.8 Å². The number of rotatable bonds is 0. The number of aromatic nitrogens is 1. The van der Waals surface area contributed by atoms with Gasteiger partial charge in [0.05, 0.1) is 0 Å². The second kappa shape index (κ2) is 3.33. The number of hydrogen-bond acceptors (Lipinski definition) is 1. The van der Waals surface area contributed by atoms with E-state index in [0.717, 1.165) is 13.1 Å². The molecule has 0 amide bonds. The summed E-state index contributed by atoms with van der Waals surface area (Å²) in [6.07, 6.45) is 3.96. The molecule has 18 heavy (non-hydrogen) atoms. The summed E-state index contributed by atoms with van der Waals surface area (Å²) in [6.45, 7) is 2.03. The lowest BCUT2D eigenvalue weighted by Gasteiger charge is -2.53. The Bertz CT molecular complexity index is 619.